The smallest absolute Gasteiger partial charge is 0.267 e. The molecule has 0 aliphatic heterocycles. The second-order valence-corrected chi connectivity index (χ2v) is 6.06. The first-order valence-corrected chi connectivity index (χ1v) is 9.26. The second-order valence-electron chi connectivity index (χ2n) is 6.06. The minimum absolute atomic E-state index is 0.171. The number of ether oxygens (including phenoxy) is 2. The number of nitrogens with zero attached hydrogens (tertiary/aromatic N) is 3. The molecule has 0 spiro atoms. The van der Waals surface area contributed by atoms with E-state index in [2.05, 4.69) is 15.4 Å². The minimum atomic E-state index is -0.349. The van der Waals surface area contributed by atoms with E-state index in [0.717, 1.165) is 16.0 Å². The van der Waals surface area contributed by atoms with Crippen LogP contribution in [-0.4, -0.2) is 40.4 Å². The largest absolute Gasteiger partial charge is 0.494 e. The van der Waals surface area contributed by atoms with Crippen molar-refractivity contribution in [2.75, 3.05) is 19.8 Å². The molecule has 150 valence electrons. The standard InChI is InChI=1S/C21H22N4O4/c1-2-28-17-5-7-18(8-6-17)29-13-12-23-20(26)15-25-21(27)10-9-19(24-25)16-4-3-11-22-14-16/h3-11,14H,2,12-13,15H2,1H3,(H,23,26). The van der Waals surface area contributed by atoms with Gasteiger partial charge in [0, 0.05) is 24.0 Å². The van der Waals surface area contributed by atoms with Gasteiger partial charge in [0.2, 0.25) is 5.91 Å². The van der Waals surface area contributed by atoms with Crippen LogP contribution in [0.3, 0.4) is 0 Å². The summed E-state index contributed by atoms with van der Waals surface area (Å²) in [6.07, 6.45) is 3.30. The summed E-state index contributed by atoms with van der Waals surface area (Å²) in [7, 11) is 0. The summed E-state index contributed by atoms with van der Waals surface area (Å²) in [5.41, 5.74) is 0.994. The Hall–Kier alpha value is -3.68. The summed E-state index contributed by atoms with van der Waals surface area (Å²) in [6, 6.07) is 13.9. The molecule has 3 rings (SSSR count). The van der Waals surface area contributed by atoms with Crippen molar-refractivity contribution < 1.29 is 14.3 Å². The Morgan fingerprint density at radius 2 is 1.83 bits per heavy atom. The molecule has 0 atom stereocenters. The number of hydrogen-bond donors (Lipinski definition) is 1. The summed E-state index contributed by atoms with van der Waals surface area (Å²) in [5.74, 6) is 1.14. The summed E-state index contributed by atoms with van der Waals surface area (Å²) < 4.78 is 12.1. The van der Waals surface area contributed by atoms with Crippen molar-refractivity contribution in [3.8, 4) is 22.8 Å². The number of carbonyl (C=O) groups excluding carboxylic acids is 1. The van der Waals surface area contributed by atoms with Gasteiger partial charge in [0.05, 0.1) is 18.8 Å². The highest BCUT2D eigenvalue weighted by Gasteiger charge is 2.08. The number of hydrogen-bond acceptors (Lipinski definition) is 6. The van der Waals surface area contributed by atoms with Gasteiger partial charge in [0.25, 0.3) is 5.56 Å². The van der Waals surface area contributed by atoms with E-state index in [9.17, 15) is 9.59 Å². The fraction of sp³-hybridized carbons (Fsp3) is 0.238. The normalized spacial score (nSPS) is 10.4. The maximum atomic E-state index is 12.1. The van der Waals surface area contributed by atoms with Crippen molar-refractivity contribution in [2.45, 2.75) is 13.5 Å². The second kappa shape index (κ2) is 10.0. The Kier molecular flexibility index (Phi) is 6.94. The maximum Gasteiger partial charge on any atom is 0.267 e. The Balaban J connectivity index is 1.49. The predicted octanol–water partition coefficient (Wildman–Crippen LogP) is 1.90. The number of pyridine rings is 1. The zero-order valence-corrected chi connectivity index (χ0v) is 16.1. The summed E-state index contributed by atoms with van der Waals surface area (Å²) >= 11 is 0. The first-order chi connectivity index (χ1) is 14.2. The average molecular weight is 394 g/mol. The van der Waals surface area contributed by atoms with E-state index in [0.29, 0.717) is 31.2 Å². The SMILES string of the molecule is CCOc1ccc(OCCNC(=O)Cn2nc(-c3cccnc3)ccc2=O)cc1. The molecule has 0 aliphatic rings. The molecule has 1 aromatic carbocycles. The fourth-order valence-corrected chi connectivity index (χ4v) is 2.58. The fourth-order valence-electron chi connectivity index (χ4n) is 2.58. The first-order valence-electron chi connectivity index (χ1n) is 9.26. The van der Waals surface area contributed by atoms with Crippen molar-refractivity contribution in [1.82, 2.24) is 20.1 Å². The lowest BCUT2D eigenvalue weighted by Crippen LogP contribution is -2.35. The summed E-state index contributed by atoms with van der Waals surface area (Å²) in [6.45, 7) is 2.97. The third-order valence-corrected chi connectivity index (χ3v) is 3.94. The van der Waals surface area contributed by atoms with Crippen LogP contribution < -0.4 is 20.3 Å². The monoisotopic (exact) mass is 394 g/mol. The molecule has 0 radical (unpaired) electrons. The van der Waals surface area contributed by atoms with Gasteiger partial charge in [-0.05, 0) is 49.4 Å². The molecule has 3 aromatic rings. The number of carbonyl (C=O) groups is 1. The van der Waals surface area contributed by atoms with Gasteiger partial charge < -0.3 is 14.8 Å². The molecule has 0 unspecified atom stereocenters. The van der Waals surface area contributed by atoms with Crippen molar-refractivity contribution >= 4 is 5.91 Å². The minimum Gasteiger partial charge on any atom is -0.494 e. The number of nitrogens with one attached hydrogen (secondary N) is 1. The van der Waals surface area contributed by atoms with Crippen LogP contribution in [0.1, 0.15) is 6.92 Å². The molecule has 1 amide bonds. The number of benzene rings is 1. The lowest BCUT2D eigenvalue weighted by molar-refractivity contribution is -0.122. The molecular formula is C21H22N4O4. The zero-order valence-electron chi connectivity index (χ0n) is 16.1. The number of amides is 1. The third-order valence-electron chi connectivity index (χ3n) is 3.94. The molecule has 1 N–H and O–H groups in total. The van der Waals surface area contributed by atoms with E-state index in [-0.39, 0.29) is 18.0 Å². The molecule has 8 nitrogen and oxygen atoms in total. The lowest BCUT2D eigenvalue weighted by Gasteiger charge is -2.10. The topological polar surface area (TPSA) is 95.3 Å². The molecule has 8 heteroatoms. The Morgan fingerprint density at radius 3 is 2.52 bits per heavy atom. The molecule has 0 bridgehead atoms. The zero-order chi connectivity index (χ0) is 20.5. The van der Waals surface area contributed by atoms with Crippen molar-refractivity contribution in [3.05, 3.63) is 71.3 Å². The van der Waals surface area contributed by atoms with Gasteiger partial charge in [-0.2, -0.15) is 5.10 Å². The van der Waals surface area contributed by atoms with Crippen LogP contribution in [0, 0.1) is 0 Å². The first kappa shape index (κ1) is 20.1. The van der Waals surface area contributed by atoms with Crippen molar-refractivity contribution in [2.24, 2.45) is 0 Å². The molecule has 2 aromatic heterocycles. The van der Waals surface area contributed by atoms with Crippen LogP contribution in [0.5, 0.6) is 11.5 Å². The number of aromatic nitrogens is 3. The third kappa shape index (κ3) is 5.90. The van der Waals surface area contributed by atoms with Crippen LogP contribution >= 0.6 is 0 Å². The number of rotatable bonds is 9. The average Bonchev–Trinajstić information content (AvgIpc) is 2.75. The molecular weight excluding hydrogens is 372 g/mol. The van der Waals surface area contributed by atoms with Gasteiger partial charge in [-0.25, -0.2) is 4.68 Å². The van der Waals surface area contributed by atoms with Gasteiger partial charge in [0.15, 0.2) is 0 Å². The van der Waals surface area contributed by atoms with Crippen molar-refractivity contribution in [1.29, 1.82) is 0 Å². The highest BCUT2D eigenvalue weighted by Crippen LogP contribution is 2.17. The van der Waals surface area contributed by atoms with Crippen molar-refractivity contribution in [3.63, 3.8) is 0 Å². The highest BCUT2D eigenvalue weighted by atomic mass is 16.5. The van der Waals surface area contributed by atoms with Crippen LogP contribution in [0.15, 0.2) is 65.7 Å². The molecule has 0 saturated heterocycles. The summed E-state index contributed by atoms with van der Waals surface area (Å²) in [5, 5.41) is 6.96. The van der Waals surface area contributed by atoms with E-state index in [1.165, 1.54) is 6.07 Å². The van der Waals surface area contributed by atoms with Gasteiger partial charge in [0.1, 0.15) is 24.7 Å². The molecule has 0 saturated carbocycles. The van der Waals surface area contributed by atoms with Gasteiger partial charge in [-0.1, -0.05) is 0 Å². The van der Waals surface area contributed by atoms with E-state index in [4.69, 9.17) is 9.47 Å². The molecule has 0 fully saturated rings. The van der Waals surface area contributed by atoms with E-state index < -0.39 is 0 Å². The van der Waals surface area contributed by atoms with E-state index >= 15 is 0 Å². The Morgan fingerprint density at radius 1 is 1.07 bits per heavy atom. The van der Waals surface area contributed by atoms with Crippen LogP contribution in [-0.2, 0) is 11.3 Å². The van der Waals surface area contributed by atoms with Crippen LogP contribution in [0.4, 0.5) is 0 Å². The maximum absolute atomic E-state index is 12.1. The van der Waals surface area contributed by atoms with Gasteiger partial charge >= 0.3 is 0 Å². The van der Waals surface area contributed by atoms with Crippen LogP contribution in [0.2, 0.25) is 0 Å². The van der Waals surface area contributed by atoms with Gasteiger partial charge in [-0.15, -0.1) is 0 Å². The molecule has 29 heavy (non-hydrogen) atoms. The summed E-state index contributed by atoms with van der Waals surface area (Å²) in [4.78, 5) is 28.2. The van der Waals surface area contributed by atoms with Gasteiger partial charge in [-0.3, -0.25) is 14.6 Å². The van der Waals surface area contributed by atoms with E-state index in [1.807, 2.05) is 25.1 Å². The van der Waals surface area contributed by atoms with Crippen LogP contribution in [0.25, 0.3) is 11.3 Å². The quantitative estimate of drug-likeness (QED) is 0.557. The molecule has 0 aliphatic carbocycles. The predicted molar refractivity (Wildman–Crippen MR) is 108 cm³/mol. The Bertz CT molecular complexity index is 988. The molecule has 2 heterocycles. The lowest BCUT2D eigenvalue weighted by atomic mass is 10.2. The highest BCUT2D eigenvalue weighted by molar-refractivity contribution is 5.75. The van der Waals surface area contributed by atoms with E-state index in [1.54, 1.807) is 36.7 Å². The Labute approximate surface area is 168 Å².